The third kappa shape index (κ3) is 3.08. The number of aromatic nitrogens is 2. The number of piperidine rings is 1. The molecule has 1 aliphatic heterocycles. The predicted octanol–water partition coefficient (Wildman–Crippen LogP) is 0.138. The molecule has 2 heterocycles. The Labute approximate surface area is 106 Å². The Morgan fingerprint density at radius 1 is 1.61 bits per heavy atom. The molecule has 0 unspecified atom stereocenters. The molecule has 6 nitrogen and oxygen atoms in total. The molecule has 1 aromatic rings. The summed E-state index contributed by atoms with van der Waals surface area (Å²) < 4.78 is 1.62. The molecule has 6 heteroatoms. The van der Waals surface area contributed by atoms with Gasteiger partial charge in [-0.2, -0.15) is 10.4 Å². The van der Waals surface area contributed by atoms with E-state index < -0.39 is 0 Å². The Morgan fingerprint density at radius 2 is 2.33 bits per heavy atom. The molecule has 0 saturated carbocycles. The first-order valence-corrected chi connectivity index (χ1v) is 6.08. The van der Waals surface area contributed by atoms with Gasteiger partial charge in [0.2, 0.25) is 0 Å². The monoisotopic (exact) mass is 247 g/mol. The van der Waals surface area contributed by atoms with Crippen molar-refractivity contribution in [1.29, 1.82) is 5.26 Å². The molecule has 1 saturated heterocycles. The number of carbonyl (C=O) groups excluding carboxylic acids is 1. The Balaban J connectivity index is 1.81. The van der Waals surface area contributed by atoms with Gasteiger partial charge in [0, 0.05) is 32.4 Å². The molecule has 1 aromatic heterocycles. The summed E-state index contributed by atoms with van der Waals surface area (Å²) in [6.45, 7) is 2.21. The lowest BCUT2D eigenvalue weighted by molar-refractivity contribution is 0.0914. The smallest absolute Gasteiger partial charge is 0.254 e. The lowest BCUT2D eigenvalue weighted by Crippen LogP contribution is -2.44. The summed E-state index contributed by atoms with van der Waals surface area (Å²) in [6, 6.07) is 2.35. The van der Waals surface area contributed by atoms with Crippen LogP contribution in [0.1, 0.15) is 23.2 Å². The predicted molar refractivity (Wildman–Crippen MR) is 65.7 cm³/mol. The van der Waals surface area contributed by atoms with Crippen molar-refractivity contribution in [2.45, 2.75) is 18.9 Å². The van der Waals surface area contributed by atoms with Crippen molar-refractivity contribution in [2.24, 2.45) is 7.05 Å². The number of nitrogens with one attached hydrogen (secondary N) is 1. The fourth-order valence-electron chi connectivity index (χ4n) is 2.14. The van der Waals surface area contributed by atoms with Crippen LogP contribution in [0.25, 0.3) is 0 Å². The van der Waals surface area contributed by atoms with Crippen LogP contribution >= 0.6 is 0 Å². The van der Waals surface area contributed by atoms with E-state index in [1.54, 1.807) is 24.1 Å². The lowest BCUT2D eigenvalue weighted by atomic mass is 10.0. The molecule has 0 atom stereocenters. The van der Waals surface area contributed by atoms with E-state index in [0.717, 1.165) is 25.9 Å². The zero-order valence-corrected chi connectivity index (χ0v) is 10.5. The number of likely N-dealkylation sites (tertiary alicyclic amines) is 1. The maximum Gasteiger partial charge on any atom is 0.254 e. The molecule has 0 spiro atoms. The second-order valence-electron chi connectivity index (χ2n) is 4.58. The van der Waals surface area contributed by atoms with Gasteiger partial charge in [0.15, 0.2) is 0 Å². The van der Waals surface area contributed by atoms with Crippen LogP contribution in [0.15, 0.2) is 12.4 Å². The molecule has 2 rings (SSSR count). The van der Waals surface area contributed by atoms with Crippen molar-refractivity contribution < 1.29 is 4.79 Å². The molecule has 0 aliphatic carbocycles. The average Bonchev–Trinajstić information content (AvgIpc) is 2.79. The molecule has 0 aromatic carbocycles. The normalized spacial score (nSPS) is 17.3. The average molecular weight is 247 g/mol. The van der Waals surface area contributed by atoms with Crippen molar-refractivity contribution in [3.05, 3.63) is 18.0 Å². The van der Waals surface area contributed by atoms with Crippen molar-refractivity contribution in [3.63, 3.8) is 0 Å². The summed E-state index contributed by atoms with van der Waals surface area (Å²) >= 11 is 0. The number of carbonyl (C=O) groups is 1. The zero-order valence-electron chi connectivity index (χ0n) is 10.5. The van der Waals surface area contributed by atoms with Gasteiger partial charge in [0.25, 0.3) is 5.91 Å². The van der Waals surface area contributed by atoms with Gasteiger partial charge in [-0.1, -0.05) is 0 Å². The van der Waals surface area contributed by atoms with E-state index in [1.165, 1.54) is 0 Å². The number of hydrogen-bond acceptors (Lipinski definition) is 4. The van der Waals surface area contributed by atoms with Gasteiger partial charge in [0.1, 0.15) is 0 Å². The molecule has 96 valence electrons. The molecule has 1 aliphatic rings. The quantitative estimate of drug-likeness (QED) is 0.771. The number of hydrogen-bond donors (Lipinski definition) is 1. The highest BCUT2D eigenvalue weighted by atomic mass is 16.1. The number of aryl methyl sites for hydroxylation is 1. The van der Waals surface area contributed by atoms with Crippen LogP contribution in [-0.4, -0.2) is 46.3 Å². The summed E-state index contributed by atoms with van der Waals surface area (Å²) in [5.74, 6) is -0.0677. The van der Waals surface area contributed by atoms with Crippen molar-refractivity contribution in [1.82, 2.24) is 20.0 Å². The largest absolute Gasteiger partial charge is 0.349 e. The van der Waals surface area contributed by atoms with Gasteiger partial charge >= 0.3 is 0 Å². The maximum atomic E-state index is 11.9. The third-order valence-electron chi connectivity index (χ3n) is 3.18. The van der Waals surface area contributed by atoms with Crippen LogP contribution < -0.4 is 5.32 Å². The Kier molecular flexibility index (Phi) is 3.95. The van der Waals surface area contributed by atoms with Gasteiger partial charge < -0.3 is 5.32 Å². The maximum absolute atomic E-state index is 11.9. The minimum Gasteiger partial charge on any atom is -0.349 e. The van der Waals surface area contributed by atoms with E-state index in [9.17, 15) is 4.79 Å². The lowest BCUT2D eigenvalue weighted by Gasteiger charge is -2.30. The first-order valence-electron chi connectivity index (χ1n) is 6.08. The fourth-order valence-corrected chi connectivity index (χ4v) is 2.14. The number of nitriles is 1. The molecule has 1 N–H and O–H groups in total. The molecular formula is C12H17N5O. The van der Waals surface area contributed by atoms with E-state index in [2.05, 4.69) is 21.4 Å². The topological polar surface area (TPSA) is 74.0 Å². The van der Waals surface area contributed by atoms with Gasteiger partial charge in [-0.05, 0) is 12.8 Å². The molecule has 18 heavy (non-hydrogen) atoms. The highest BCUT2D eigenvalue weighted by Crippen LogP contribution is 2.10. The fraction of sp³-hybridized carbons (Fsp3) is 0.583. The van der Waals surface area contributed by atoms with Crippen molar-refractivity contribution in [2.75, 3.05) is 19.6 Å². The summed E-state index contributed by atoms with van der Waals surface area (Å²) in [6.07, 6.45) is 5.07. The molecule has 0 bridgehead atoms. The highest BCUT2D eigenvalue weighted by molar-refractivity contribution is 5.93. The molecule has 1 fully saturated rings. The van der Waals surface area contributed by atoms with Crippen LogP contribution in [0.4, 0.5) is 0 Å². The van der Waals surface area contributed by atoms with E-state index >= 15 is 0 Å². The summed E-state index contributed by atoms with van der Waals surface area (Å²) in [5, 5.41) is 15.6. The second kappa shape index (κ2) is 5.65. The van der Waals surface area contributed by atoms with E-state index in [-0.39, 0.29) is 11.9 Å². The Morgan fingerprint density at radius 3 is 2.89 bits per heavy atom. The van der Waals surface area contributed by atoms with Crippen molar-refractivity contribution in [3.8, 4) is 6.07 Å². The van der Waals surface area contributed by atoms with Crippen molar-refractivity contribution >= 4 is 5.91 Å². The Hall–Kier alpha value is -1.87. The highest BCUT2D eigenvalue weighted by Gasteiger charge is 2.21. The molecule has 0 radical (unpaired) electrons. The summed E-state index contributed by atoms with van der Waals surface area (Å²) in [7, 11) is 1.79. The van der Waals surface area contributed by atoms with E-state index in [1.807, 2.05) is 0 Å². The minimum atomic E-state index is -0.0677. The number of rotatable bonds is 3. The van der Waals surface area contributed by atoms with Gasteiger partial charge in [-0.3, -0.25) is 14.4 Å². The second-order valence-corrected chi connectivity index (χ2v) is 4.58. The standard InChI is InChI=1S/C12H17N5O/c1-16-9-10(8-14-16)12(18)15-11-2-5-17(6-3-11)7-4-13/h8-9,11H,2-3,5-7H2,1H3,(H,15,18). The summed E-state index contributed by atoms with van der Waals surface area (Å²) in [4.78, 5) is 14.0. The van der Waals surface area contributed by atoms with Crippen LogP contribution in [-0.2, 0) is 7.05 Å². The van der Waals surface area contributed by atoms with Gasteiger partial charge in [-0.15, -0.1) is 0 Å². The van der Waals surface area contributed by atoms with E-state index in [4.69, 9.17) is 5.26 Å². The van der Waals surface area contributed by atoms with E-state index in [0.29, 0.717) is 12.1 Å². The first-order chi connectivity index (χ1) is 8.69. The van der Waals surface area contributed by atoms with Crippen LogP contribution in [0.3, 0.4) is 0 Å². The Bertz CT molecular complexity index is 453. The number of nitrogens with zero attached hydrogens (tertiary/aromatic N) is 4. The van der Waals surface area contributed by atoms with Gasteiger partial charge in [0.05, 0.1) is 24.4 Å². The number of amides is 1. The third-order valence-corrected chi connectivity index (χ3v) is 3.18. The first kappa shape index (κ1) is 12.6. The summed E-state index contributed by atoms with van der Waals surface area (Å²) in [5.41, 5.74) is 0.594. The van der Waals surface area contributed by atoms with Gasteiger partial charge in [-0.25, -0.2) is 0 Å². The van der Waals surface area contributed by atoms with Crippen LogP contribution in [0, 0.1) is 11.3 Å². The molecule has 1 amide bonds. The zero-order chi connectivity index (χ0) is 13.0. The SMILES string of the molecule is Cn1cc(C(=O)NC2CCN(CC#N)CC2)cn1. The minimum absolute atomic E-state index is 0.0677. The molecular weight excluding hydrogens is 230 g/mol. The van der Waals surface area contributed by atoms with Crippen LogP contribution in [0.5, 0.6) is 0 Å². The van der Waals surface area contributed by atoms with Crippen LogP contribution in [0.2, 0.25) is 0 Å².